The van der Waals surface area contributed by atoms with Gasteiger partial charge in [0.25, 0.3) is 0 Å². The standard InChI is InChI=1S/C20H26ClNO2/c1-3-11-24-18-8-5-15(6-9-18)12-17(14-22)16-7-10-20(23-4-2)19(21)13-16/h5-10,13,17H,3-4,11-12,14,22H2,1-2H3. The Balaban J connectivity index is 2.07. The van der Waals surface area contributed by atoms with Gasteiger partial charge in [0.15, 0.2) is 0 Å². The van der Waals surface area contributed by atoms with E-state index in [9.17, 15) is 0 Å². The van der Waals surface area contributed by atoms with Crippen LogP contribution in [0.3, 0.4) is 0 Å². The van der Waals surface area contributed by atoms with E-state index in [0.29, 0.717) is 18.2 Å². The maximum absolute atomic E-state index is 6.30. The summed E-state index contributed by atoms with van der Waals surface area (Å²) in [4.78, 5) is 0. The molecule has 0 aliphatic rings. The highest BCUT2D eigenvalue weighted by Crippen LogP contribution is 2.30. The van der Waals surface area contributed by atoms with Gasteiger partial charge >= 0.3 is 0 Å². The predicted octanol–water partition coefficient (Wildman–Crippen LogP) is 4.81. The van der Waals surface area contributed by atoms with E-state index in [4.69, 9.17) is 26.8 Å². The number of rotatable bonds is 9. The second-order valence-corrected chi connectivity index (χ2v) is 6.16. The Labute approximate surface area is 149 Å². The number of ether oxygens (including phenoxy) is 2. The Hall–Kier alpha value is -1.71. The molecule has 0 aliphatic carbocycles. The van der Waals surface area contributed by atoms with Crippen LogP contribution in [0.5, 0.6) is 11.5 Å². The quantitative estimate of drug-likeness (QED) is 0.707. The molecule has 2 rings (SSSR count). The molecule has 2 aromatic rings. The summed E-state index contributed by atoms with van der Waals surface area (Å²) in [7, 11) is 0. The van der Waals surface area contributed by atoms with Gasteiger partial charge in [-0.05, 0) is 61.7 Å². The Bertz CT molecular complexity index is 628. The molecule has 0 saturated carbocycles. The Morgan fingerprint density at radius 3 is 2.38 bits per heavy atom. The Morgan fingerprint density at radius 1 is 1.04 bits per heavy atom. The fourth-order valence-corrected chi connectivity index (χ4v) is 2.85. The second-order valence-electron chi connectivity index (χ2n) is 5.75. The zero-order valence-electron chi connectivity index (χ0n) is 14.4. The molecule has 0 bridgehead atoms. The van der Waals surface area contributed by atoms with Crippen LogP contribution in [0.4, 0.5) is 0 Å². The van der Waals surface area contributed by atoms with Gasteiger partial charge in [0.2, 0.25) is 0 Å². The molecule has 1 atom stereocenters. The van der Waals surface area contributed by atoms with Gasteiger partial charge in [-0.2, -0.15) is 0 Å². The van der Waals surface area contributed by atoms with Crippen molar-refractivity contribution in [3.8, 4) is 11.5 Å². The van der Waals surface area contributed by atoms with E-state index in [-0.39, 0.29) is 5.92 Å². The molecule has 24 heavy (non-hydrogen) atoms. The highest BCUT2D eigenvalue weighted by molar-refractivity contribution is 6.32. The van der Waals surface area contributed by atoms with E-state index in [1.165, 1.54) is 5.56 Å². The third-order valence-corrected chi connectivity index (χ3v) is 4.19. The van der Waals surface area contributed by atoms with Crippen LogP contribution in [0.2, 0.25) is 5.02 Å². The molecule has 0 aliphatic heterocycles. The van der Waals surface area contributed by atoms with Crippen LogP contribution in [0, 0.1) is 0 Å². The highest BCUT2D eigenvalue weighted by atomic mass is 35.5. The molecule has 1 unspecified atom stereocenters. The van der Waals surface area contributed by atoms with Crippen LogP contribution < -0.4 is 15.2 Å². The van der Waals surface area contributed by atoms with Crippen molar-refractivity contribution in [2.24, 2.45) is 5.73 Å². The topological polar surface area (TPSA) is 44.5 Å². The number of hydrogen-bond donors (Lipinski definition) is 1. The monoisotopic (exact) mass is 347 g/mol. The first-order chi connectivity index (χ1) is 11.7. The van der Waals surface area contributed by atoms with Gasteiger partial charge in [0, 0.05) is 5.92 Å². The summed E-state index contributed by atoms with van der Waals surface area (Å²) in [5, 5.41) is 0.635. The van der Waals surface area contributed by atoms with E-state index in [2.05, 4.69) is 19.1 Å². The van der Waals surface area contributed by atoms with Gasteiger partial charge in [-0.15, -0.1) is 0 Å². The summed E-state index contributed by atoms with van der Waals surface area (Å²) >= 11 is 6.30. The molecule has 0 aromatic heterocycles. The second kappa shape index (κ2) is 9.55. The summed E-state index contributed by atoms with van der Waals surface area (Å²) in [5.41, 5.74) is 8.37. The first-order valence-electron chi connectivity index (χ1n) is 8.52. The van der Waals surface area contributed by atoms with Crippen LogP contribution in [-0.2, 0) is 6.42 Å². The van der Waals surface area contributed by atoms with Crippen LogP contribution in [-0.4, -0.2) is 19.8 Å². The molecule has 2 N–H and O–H groups in total. The Kier molecular flexibility index (Phi) is 7.41. The molecule has 2 aromatic carbocycles. The predicted molar refractivity (Wildman–Crippen MR) is 100 cm³/mol. The van der Waals surface area contributed by atoms with Gasteiger partial charge in [-0.25, -0.2) is 0 Å². The maximum Gasteiger partial charge on any atom is 0.137 e. The normalized spacial score (nSPS) is 12.0. The molecule has 0 fully saturated rings. The molecule has 0 amide bonds. The van der Waals surface area contributed by atoms with Crippen molar-refractivity contribution in [1.29, 1.82) is 0 Å². The highest BCUT2D eigenvalue weighted by Gasteiger charge is 2.13. The maximum atomic E-state index is 6.30. The van der Waals surface area contributed by atoms with Crippen molar-refractivity contribution in [3.05, 3.63) is 58.6 Å². The molecule has 130 valence electrons. The molecule has 0 saturated heterocycles. The summed E-state index contributed by atoms with van der Waals surface area (Å²) in [6.07, 6.45) is 1.88. The van der Waals surface area contributed by atoms with Crippen molar-refractivity contribution < 1.29 is 9.47 Å². The zero-order chi connectivity index (χ0) is 17.4. The smallest absolute Gasteiger partial charge is 0.137 e. The van der Waals surface area contributed by atoms with Gasteiger partial charge in [0.1, 0.15) is 11.5 Å². The summed E-state index contributed by atoms with van der Waals surface area (Å²) in [5.74, 6) is 1.85. The third kappa shape index (κ3) is 5.15. The molecular weight excluding hydrogens is 322 g/mol. The van der Waals surface area contributed by atoms with Gasteiger partial charge in [0.05, 0.1) is 18.2 Å². The average molecular weight is 348 g/mol. The lowest BCUT2D eigenvalue weighted by Gasteiger charge is -2.17. The zero-order valence-corrected chi connectivity index (χ0v) is 15.2. The first-order valence-corrected chi connectivity index (χ1v) is 8.89. The first kappa shape index (κ1) is 18.6. The summed E-state index contributed by atoms with van der Waals surface area (Å²) in [6.45, 7) is 5.96. The van der Waals surface area contributed by atoms with Crippen molar-refractivity contribution in [2.75, 3.05) is 19.8 Å². The molecule has 4 heteroatoms. The Morgan fingerprint density at radius 2 is 1.79 bits per heavy atom. The van der Waals surface area contributed by atoms with E-state index in [1.807, 2.05) is 37.3 Å². The van der Waals surface area contributed by atoms with Crippen LogP contribution in [0.1, 0.15) is 37.3 Å². The number of hydrogen-bond acceptors (Lipinski definition) is 3. The van der Waals surface area contributed by atoms with Gasteiger partial charge in [-0.3, -0.25) is 0 Å². The summed E-state index contributed by atoms with van der Waals surface area (Å²) in [6, 6.07) is 14.2. The van der Waals surface area contributed by atoms with Crippen molar-refractivity contribution in [2.45, 2.75) is 32.6 Å². The van der Waals surface area contributed by atoms with Crippen LogP contribution in [0.25, 0.3) is 0 Å². The molecule has 0 spiro atoms. The van der Waals surface area contributed by atoms with E-state index < -0.39 is 0 Å². The lowest BCUT2D eigenvalue weighted by Crippen LogP contribution is -2.15. The average Bonchev–Trinajstić information content (AvgIpc) is 2.61. The molecule has 0 radical (unpaired) electrons. The molecular formula is C20H26ClNO2. The lowest BCUT2D eigenvalue weighted by molar-refractivity contribution is 0.317. The minimum Gasteiger partial charge on any atom is -0.494 e. The van der Waals surface area contributed by atoms with Crippen molar-refractivity contribution in [3.63, 3.8) is 0 Å². The van der Waals surface area contributed by atoms with Crippen molar-refractivity contribution >= 4 is 11.6 Å². The van der Waals surface area contributed by atoms with E-state index in [0.717, 1.165) is 36.5 Å². The van der Waals surface area contributed by atoms with E-state index >= 15 is 0 Å². The number of benzene rings is 2. The molecule has 3 nitrogen and oxygen atoms in total. The SMILES string of the molecule is CCCOc1ccc(CC(CN)c2ccc(OCC)c(Cl)c2)cc1. The minimum absolute atomic E-state index is 0.223. The lowest BCUT2D eigenvalue weighted by atomic mass is 9.92. The van der Waals surface area contributed by atoms with E-state index in [1.54, 1.807) is 0 Å². The largest absolute Gasteiger partial charge is 0.494 e. The summed E-state index contributed by atoms with van der Waals surface area (Å²) < 4.78 is 11.1. The van der Waals surface area contributed by atoms with Crippen molar-refractivity contribution in [1.82, 2.24) is 0 Å². The fourth-order valence-electron chi connectivity index (χ4n) is 2.61. The van der Waals surface area contributed by atoms with Gasteiger partial charge < -0.3 is 15.2 Å². The van der Waals surface area contributed by atoms with Gasteiger partial charge in [-0.1, -0.05) is 36.7 Å². The third-order valence-electron chi connectivity index (χ3n) is 3.89. The van der Waals surface area contributed by atoms with Crippen LogP contribution >= 0.6 is 11.6 Å². The number of halogens is 1. The molecule has 0 heterocycles. The van der Waals surface area contributed by atoms with Crippen LogP contribution in [0.15, 0.2) is 42.5 Å². The number of nitrogens with two attached hydrogens (primary N) is 1. The fraction of sp³-hybridized carbons (Fsp3) is 0.400. The minimum atomic E-state index is 0.223.